The van der Waals surface area contributed by atoms with Crippen LogP contribution in [0.5, 0.6) is 5.75 Å². The van der Waals surface area contributed by atoms with Gasteiger partial charge in [0.25, 0.3) is 11.2 Å². The van der Waals surface area contributed by atoms with Crippen LogP contribution in [-0.2, 0) is 28.3 Å². The van der Waals surface area contributed by atoms with Crippen LogP contribution in [0.1, 0.15) is 30.0 Å². The number of benzene rings is 2. The van der Waals surface area contributed by atoms with E-state index >= 15 is 0 Å². The molecule has 180 valence electrons. The highest BCUT2D eigenvalue weighted by Crippen LogP contribution is 2.42. The van der Waals surface area contributed by atoms with Crippen LogP contribution in [0.2, 0.25) is 5.02 Å². The van der Waals surface area contributed by atoms with Gasteiger partial charge in [0.2, 0.25) is 5.60 Å². The number of rotatable bonds is 4. The molecule has 10 heteroatoms. The van der Waals surface area contributed by atoms with Gasteiger partial charge in [0.05, 0.1) is 39.3 Å². The molecule has 0 saturated heterocycles. The molecule has 2 aliphatic heterocycles. The Hall–Kier alpha value is -4.24. The van der Waals surface area contributed by atoms with Gasteiger partial charge in [0.1, 0.15) is 12.4 Å². The Morgan fingerprint density at radius 2 is 2.00 bits per heavy atom. The van der Waals surface area contributed by atoms with Crippen molar-refractivity contribution >= 4 is 34.2 Å². The molecular weight excluding hydrogens is 486 g/mol. The van der Waals surface area contributed by atoms with Gasteiger partial charge in [-0.1, -0.05) is 30.7 Å². The lowest BCUT2D eigenvalue weighted by Crippen LogP contribution is -2.48. The number of nitro benzene ring substituents is 1. The number of hydrogen-bond acceptors (Lipinski definition) is 7. The topological polar surface area (TPSA) is 114 Å². The van der Waals surface area contributed by atoms with E-state index in [-0.39, 0.29) is 30.8 Å². The van der Waals surface area contributed by atoms with E-state index in [0.717, 1.165) is 0 Å². The monoisotopic (exact) mass is 503 g/mol. The fraction of sp³-hybridized carbons (Fsp3) is 0.192. The summed E-state index contributed by atoms with van der Waals surface area (Å²) in [5.74, 6) is -0.228. The van der Waals surface area contributed by atoms with E-state index in [4.69, 9.17) is 21.1 Å². The third-order valence-electron chi connectivity index (χ3n) is 6.78. The molecule has 0 fully saturated rings. The summed E-state index contributed by atoms with van der Waals surface area (Å²) in [6, 6.07) is 14.8. The van der Waals surface area contributed by atoms with Crippen LogP contribution in [0.4, 0.5) is 5.69 Å². The van der Waals surface area contributed by atoms with Crippen molar-refractivity contribution in [2.45, 2.75) is 32.1 Å². The Morgan fingerprint density at radius 1 is 1.19 bits per heavy atom. The van der Waals surface area contributed by atoms with Gasteiger partial charge >= 0.3 is 5.97 Å². The zero-order chi connectivity index (χ0) is 25.2. The van der Waals surface area contributed by atoms with E-state index in [1.807, 2.05) is 0 Å². The zero-order valence-corrected chi connectivity index (χ0v) is 19.7. The van der Waals surface area contributed by atoms with Crippen LogP contribution in [-0.4, -0.2) is 20.4 Å². The second kappa shape index (κ2) is 7.89. The zero-order valence-electron chi connectivity index (χ0n) is 19.0. The lowest BCUT2D eigenvalue weighted by atomic mass is 9.85. The van der Waals surface area contributed by atoms with Gasteiger partial charge in [-0.3, -0.25) is 14.9 Å². The molecule has 0 bridgehead atoms. The number of fused-ring (bicyclic) bond motifs is 5. The van der Waals surface area contributed by atoms with Gasteiger partial charge in [-0.25, -0.2) is 9.78 Å². The van der Waals surface area contributed by atoms with Gasteiger partial charge in [0.15, 0.2) is 0 Å². The summed E-state index contributed by atoms with van der Waals surface area (Å²) in [7, 11) is 0. The minimum absolute atomic E-state index is 0.0516. The minimum Gasteiger partial charge on any atom is -0.471 e. The molecule has 2 aromatic heterocycles. The number of aromatic nitrogens is 2. The number of non-ortho nitro benzene ring substituents is 1. The van der Waals surface area contributed by atoms with Gasteiger partial charge in [-0.05, 0) is 42.8 Å². The van der Waals surface area contributed by atoms with Crippen LogP contribution >= 0.6 is 11.6 Å². The highest BCUT2D eigenvalue weighted by atomic mass is 35.5. The van der Waals surface area contributed by atoms with Crippen LogP contribution in [0, 0.1) is 10.1 Å². The molecule has 2 aliphatic rings. The smallest absolute Gasteiger partial charge is 0.355 e. The molecule has 2 aromatic carbocycles. The van der Waals surface area contributed by atoms with Gasteiger partial charge in [0, 0.05) is 22.2 Å². The standard InChI is InChI=1S/C26H18ClN3O6/c1-2-26(36-16-6-3-5-15(27)10-16)19-11-22-23-14(12-29(22)24(31)18(19)13-35-25(26)32)9-17-20(28-23)7-4-8-21(17)30(33)34/h3-11H,2,12-13H2,1H3/t26-/m0/s1. The van der Waals surface area contributed by atoms with Gasteiger partial charge in [-0.2, -0.15) is 0 Å². The van der Waals surface area contributed by atoms with E-state index in [0.29, 0.717) is 49.8 Å². The lowest BCUT2D eigenvalue weighted by molar-refractivity contribution is -0.383. The maximum absolute atomic E-state index is 13.6. The summed E-state index contributed by atoms with van der Waals surface area (Å²) < 4.78 is 13.2. The molecule has 4 aromatic rings. The number of nitro groups is 1. The molecule has 6 rings (SSSR count). The van der Waals surface area contributed by atoms with E-state index < -0.39 is 16.5 Å². The molecule has 36 heavy (non-hydrogen) atoms. The minimum atomic E-state index is -1.55. The first-order chi connectivity index (χ1) is 17.3. The van der Waals surface area contributed by atoms with Crippen LogP contribution < -0.4 is 10.3 Å². The molecule has 0 N–H and O–H groups in total. The average Bonchev–Trinajstić information content (AvgIpc) is 3.22. The molecular formula is C26H18ClN3O6. The number of hydrogen-bond donors (Lipinski definition) is 0. The van der Waals surface area contributed by atoms with Gasteiger partial charge in [-0.15, -0.1) is 0 Å². The van der Waals surface area contributed by atoms with Crippen molar-refractivity contribution in [2.24, 2.45) is 0 Å². The van der Waals surface area contributed by atoms with Crippen LogP contribution in [0.25, 0.3) is 22.3 Å². The number of halogens is 1. The second-order valence-corrected chi connectivity index (χ2v) is 9.16. The fourth-order valence-electron chi connectivity index (χ4n) is 5.04. The van der Waals surface area contributed by atoms with Crippen LogP contribution in [0.3, 0.4) is 0 Å². The average molecular weight is 504 g/mol. The number of carbonyl (C=O) groups excluding carboxylic acids is 1. The Bertz CT molecular complexity index is 1680. The Labute approximate surface area is 209 Å². The normalized spacial score (nSPS) is 17.8. The first-order valence-corrected chi connectivity index (χ1v) is 11.7. The summed E-state index contributed by atoms with van der Waals surface area (Å²) in [6.07, 6.45) is 0.207. The number of cyclic esters (lactones) is 1. The third-order valence-corrected chi connectivity index (χ3v) is 7.02. The molecule has 4 heterocycles. The maximum atomic E-state index is 13.6. The van der Waals surface area contributed by atoms with Crippen molar-refractivity contribution < 1.29 is 19.2 Å². The molecule has 0 saturated carbocycles. The Morgan fingerprint density at radius 3 is 2.75 bits per heavy atom. The highest BCUT2D eigenvalue weighted by Gasteiger charge is 2.49. The number of carbonyl (C=O) groups is 1. The summed E-state index contributed by atoms with van der Waals surface area (Å²) in [5, 5.41) is 12.4. The van der Waals surface area contributed by atoms with Crippen molar-refractivity contribution in [3.05, 3.63) is 96.8 Å². The molecule has 0 amide bonds. The van der Waals surface area contributed by atoms with E-state index in [2.05, 4.69) is 4.98 Å². The van der Waals surface area contributed by atoms with E-state index in [1.54, 1.807) is 60.0 Å². The maximum Gasteiger partial charge on any atom is 0.355 e. The highest BCUT2D eigenvalue weighted by molar-refractivity contribution is 6.30. The van der Waals surface area contributed by atoms with Gasteiger partial charge < -0.3 is 14.0 Å². The van der Waals surface area contributed by atoms with Crippen molar-refractivity contribution in [1.29, 1.82) is 0 Å². The summed E-state index contributed by atoms with van der Waals surface area (Å²) in [5.41, 5.74) is 1.00. The molecule has 9 nitrogen and oxygen atoms in total. The molecule has 0 unspecified atom stereocenters. The first kappa shape index (κ1) is 22.2. The predicted molar refractivity (Wildman–Crippen MR) is 131 cm³/mol. The number of nitrogens with zero attached hydrogens (tertiary/aromatic N) is 3. The van der Waals surface area contributed by atoms with Crippen molar-refractivity contribution in [1.82, 2.24) is 9.55 Å². The second-order valence-electron chi connectivity index (χ2n) is 8.73. The molecule has 0 aliphatic carbocycles. The van der Waals surface area contributed by atoms with E-state index in [9.17, 15) is 19.7 Å². The number of esters is 1. The first-order valence-electron chi connectivity index (χ1n) is 11.3. The lowest BCUT2D eigenvalue weighted by Gasteiger charge is -2.36. The molecule has 0 radical (unpaired) electrons. The summed E-state index contributed by atoms with van der Waals surface area (Å²) in [6.45, 7) is 1.81. The van der Waals surface area contributed by atoms with E-state index in [1.165, 1.54) is 6.07 Å². The van der Waals surface area contributed by atoms with Crippen LogP contribution in [0.15, 0.2) is 59.4 Å². The Balaban J connectivity index is 1.57. The van der Waals surface area contributed by atoms with Crippen molar-refractivity contribution in [3.8, 4) is 17.1 Å². The SMILES string of the molecule is CC[C@@]1(Oc2cccc(Cl)c2)C(=O)OCc2c1cc1n(c2=O)Cc2cc3c([N+](=O)[O-])cccc3nc2-1. The molecule has 0 spiro atoms. The predicted octanol–water partition coefficient (Wildman–Crippen LogP) is 4.73. The van der Waals surface area contributed by atoms with Crippen molar-refractivity contribution in [3.63, 3.8) is 0 Å². The molecule has 1 atom stereocenters. The quantitative estimate of drug-likeness (QED) is 0.198. The summed E-state index contributed by atoms with van der Waals surface area (Å²) in [4.78, 5) is 42.5. The Kier molecular flexibility index (Phi) is 4.87. The summed E-state index contributed by atoms with van der Waals surface area (Å²) >= 11 is 6.12. The van der Waals surface area contributed by atoms with Crippen molar-refractivity contribution in [2.75, 3.05) is 0 Å². The third kappa shape index (κ3) is 3.12. The number of pyridine rings is 2. The number of ether oxygens (including phenoxy) is 2. The largest absolute Gasteiger partial charge is 0.471 e. The fourth-order valence-corrected chi connectivity index (χ4v) is 5.22.